The number of anilines is 1. The summed E-state index contributed by atoms with van der Waals surface area (Å²) < 4.78 is 0. The van der Waals surface area contributed by atoms with E-state index in [1.807, 2.05) is 35.2 Å². The summed E-state index contributed by atoms with van der Waals surface area (Å²) >= 11 is 5.40. The zero-order valence-corrected chi connectivity index (χ0v) is 15.8. The van der Waals surface area contributed by atoms with Crippen LogP contribution >= 0.6 is 12.2 Å². The van der Waals surface area contributed by atoms with Crippen molar-refractivity contribution in [1.82, 2.24) is 9.80 Å². The zero-order chi connectivity index (χ0) is 18.2. The Balaban J connectivity index is 1.93. The number of thiocarbonyl (C=S) groups is 1. The van der Waals surface area contributed by atoms with Crippen LogP contribution in [0.25, 0.3) is 0 Å². The molecule has 0 aliphatic carbocycles. The molecule has 1 saturated heterocycles. The van der Waals surface area contributed by atoms with E-state index in [0.717, 1.165) is 25.1 Å². The fourth-order valence-corrected chi connectivity index (χ4v) is 3.33. The lowest BCUT2D eigenvalue weighted by atomic mass is 10.1. The number of amides is 2. The van der Waals surface area contributed by atoms with Crippen LogP contribution in [-0.2, 0) is 9.59 Å². The smallest absolute Gasteiger partial charge is 0.251 e. The van der Waals surface area contributed by atoms with E-state index in [1.165, 1.54) is 24.2 Å². The number of nitrogens with one attached hydrogen (secondary N) is 1. The Hall–Kier alpha value is -1.95. The second kappa shape index (κ2) is 9.51. The van der Waals surface area contributed by atoms with E-state index in [1.54, 1.807) is 7.05 Å². The highest BCUT2D eigenvalue weighted by molar-refractivity contribution is 7.80. The molecule has 1 aromatic rings. The maximum Gasteiger partial charge on any atom is 0.251 e. The lowest BCUT2D eigenvalue weighted by Gasteiger charge is -2.23. The van der Waals surface area contributed by atoms with Crippen LogP contribution in [0.15, 0.2) is 30.3 Å². The molecule has 6 heteroatoms. The minimum Gasteiger partial charge on any atom is -0.336 e. The lowest BCUT2D eigenvalue weighted by molar-refractivity contribution is -0.130. The van der Waals surface area contributed by atoms with Gasteiger partial charge in [0.2, 0.25) is 5.91 Å². The van der Waals surface area contributed by atoms with Gasteiger partial charge in [0.15, 0.2) is 5.11 Å². The zero-order valence-electron chi connectivity index (χ0n) is 15.0. The molecule has 1 N–H and O–H groups in total. The van der Waals surface area contributed by atoms with Crippen molar-refractivity contribution >= 4 is 34.8 Å². The second-order valence-electron chi connectivity index (χ2n) is 6.42. The molecule has 0 saturated carbocycles. The summed E-state index contributed by atoms with van der Waals surface area (Å²) in [5.74, 6) is -0.264. The number of nitrogens with zero attached hydrogens (tertiary/aromatic N) is 2. The predicted octanol–water partition coefficient (Wildman–Crippen LogP) is 3.41. The van der Waals surface area contributed by atoms with Gasteiger partial charge in [0, 0.05) is 19.3 Å². The standard InChI is InChI=1S/C19H27N3O2S/c1-3-4-5-6-10-13-22-16(18(24)21(2)19(22)25)14-17(23)20-15-11-8-7-9-12-15/h7-9,11-12,16H,3-6,10,13-14H2,1-2H3,(H,20,23)/t16-/m1/s1. The van der Waals surface area contributed by atoms with E-state index in [-0.39, 0.29) is 18.2 Å². The number of unbranched alkanes of at least 4 members (excludes halogenated alkanes) is 4. The SMILES string of the molecule is CCCCCCCN1C(=S)N(C)C(=O)[C@H]1CC(=O)Nc1ccccc1. The Labute approximate surface area is 155 Å². The van der Waals surface area contributed by atoms with Gasteiger partial charge in [0.1, 0.15) is 6.04 Å². The van der Waals surface area contributed by atoms with E-state index in [0.29, 0.717) is 5.11 Å². The highest BCUT2D eigenvalue weighted by Gasteiger charge is 2.40. The van der Waals surface area contributed by atoms with E-state index >= 15 is 0 Å². The van der Waals surface area contributed by atoms with Gasteiger partial charge in [0.05, 0.1) is 6.42 Å². The predicted molar refractivity (Wildman–Crippen MR) is 104 cm³/mol. The van der Waals surface area contributed by atoms with Gasteiger partial charge in [-0.3, -0.25) is 14.5 Å². The third kappa shape index (κ3) is 5.26. The molecule has 0 radical (unpaired) electrons. The van der Waals surface area contributed by atoms with Crippen LogP contribution in [0.1, 0.15) is 45.4 Å². The number of hydrogen-bond acceptors (Lipinski definition) is 3. The molecule has 1 aliphatic rings. The summed E-state index contributed by atoms with van der Waals surface area (Å²) in [5, 5.41) is 3.37. The first-order chi connectivity index (χ1) is 12.0. The molecule has 2 rings (SSSR count). The lowest BCUT2D eigenvalue weighted by Crippen LogP contribution is -2.38. The quantitative estimate of drug-likeness (QED) is 0.541. The minimum absolute atomic E-state index is 0.0956. The van der Waals surface area contributed by atoms with Gasteiger partial charge >= 0.3 is 0 Å². The largest absolute Gasteiger partial charge is 0.336 e. The fraction of sp³-hybridized carbons (Fsp3) is 0.526. The van der Waals surface area contributed by atoms with Gasteiger partial charge in [-0.25, -0.2) is 0 Å². The molecule has 1 fully saturated rings. The fourth-order valence-electron chi connectivity index (χ4n) is 3.02. The van der Waals surface area contributed by atoms with Gasteiger partial charge in [-0.15, -0.1) is 0 Å². The molecule has 0 aromatic heterocycles. The van der Waals surface area contributed by atoms with Crippen molar-refractivity contribution < 1.29 is 9.59 Å². The number of likely N-dealkylation sites (N-methyl/N-ethyl adjacent to an activating group) is 1. The normalized spacial score (nSPS) is 17.3. The van der Waals surface area contributed by atoms with Crippen LogP contribution in [0.5, 0.6) is 0 Å². The van der Waals surface area contributed by atoms with Gasteiger partial charge < -0.3 is 10.2 Å². The molecule has 1 aromatic carbocycles. The summed E-state index contributed by atoms with van der Waals surface area (Å²) in [6, 6.07) is 8.79. The average Bonchev–Trinajstić information content (AvgIpc) is 2.80. The van der Waals surface area contributed by atoms with Gasteiger partial charge in [-0.05, 0) is 30.8 Å². The molecule has 1 heterocycles. The Bertz CT molecular complexity index is 606. The maximum atomic E-state index is 12.5. The van der Waals surface area contributed by atoms with Crippen LogP contribution < -0.4 is 5.32 Å². The Morgan fingerprint density at radius 1 is 1.16 bits per heavy atom. The molecule has 1 atom stereocenters. The maximum absolute atomic E-state index is 12.5. The van der Waals surface area contributed by atoms with Crippen molar-refractivity contribution in [2.45, 2.75) is 51.5 Å². The molecule has 1 aliphatic heterocycles. The molecule has 25 heavy (non-hydrogen) atoms. The third-order valence-corrected chi connectivity index (χ3v) is 4.97. The molecule has 0 unspecified atom stereocenters. The Morgan fingerprint density at radius 2 is 1.84 bits per heavy atom. The Morgan fingerprint density at radius 3 is 2.52 bits per heavy atom. The van der Waals surface area contributed by atoms with Crippen molar-refractivity contribution in [1.29, 1.82) is 0 Å². The highest BCUT2D eigenvalue weighted by Crippen LogP contribution is 2.21. The van der Waals surface area contributed by atoms with E-state index in [9.17, 15) is 9.59 Å². The van der Waals surface area contributed by atoms with E-state index in [4.69, 9.17) is 12.2 Å². The Kier molecular flexibility index (Phi) is 7.37. The van der Waals surface area contributed by atoms with Crippen molar-refractivity contribution in [2.24, 2.45) is 0 Å². The van der Waals surface area contributed by atoms with E-state index < -0.39 is 6.04 Å². The van der Waals surface area contributed by atoms with Crippen LogP contribution in [0.3, 0.4) is 0 Å². The molecular formula is C19H27N3O2S. The van der Waals surface area contributed by atoms with Crippen LogP contribution in [0.2, 0.25) is 0 Å². The number of carbonyl (C=O) groups excluding carboxylic acids is 2. The summed E-state index contributed by atoms with van der Waals surface area (Å²) in [6.07, 6.45) is 5.84. The van der Waals surface area contributed by atoms with Crippen LogP contribution in [0, 0.1) is 0 Å². The molecule has 5 nitrogen and oxygen atoms in total. The first-order valence-electron chi connectivity index (χ1n) is 8.97. The molecule has 136 valence electrons. The number of carbonyl (C=O) groups is 2. The number of para-hydroxylation sites is 1. The van der Waals surface area contributed by atoms with Crippen molar-refractivity contribution in [3.8, 4) is 0 Å². The summed E-state index contributed by atoms with van der Waals surface area (Å²) in [6.45, 7) is 2.91. The molecular weight excluding hydrogens is 334 g/mol. The average molecular weight is 362 g/mol. The molecule has 0 spiro atoms. The van der Waals surface area contributed by atoms with Crippen LogP contribution in [0.4, 0.5) is 5.69 Å². The first-order valence-corrected chi connectivity index (χ1v) is 9.38. The van der Waals surface area contributed by atoms with Crippen molar-refractivity contribution in [3.63, 3.8) is 0 Å². The summed E-state index contributed by atoms with van der Waals surface area (Å²) in [7, 11) is 1.68. The molecule has 0 bridgehead atoms. The number of hydrogen-bond donors (Lipinski definition) is 1. The van der Waals surface area contributed by atoms with Crippen molar-refractivity contribution in [2.75, 3.05) is 18.9 Å². The third-order valence-electron chi connectivity index (χ3n) is 4.46. The monoisotopic (exact) mass is 361 g/mol. The number of benzene rings is 1. The van der Waals surface area contributed by atoms with Crippen molar-refractivity contribution in [3.05, 3.63) is 30.3 Å². The van der Waals surface area contributed by atoms with Gasteiger partial charge in [-0.2, -0.15) is 0 Å². The highest BCUT2D eigenvalue weighted by atomic mass is 32.1. The van der Waals surface area contributed by atoms with Gasteiger partial charge in [-0.1, -0.05) is 50.8 Å². The number of rotatable bonds is 9. The van der Waals surface area contributed by atoms with Crippen LogP contribution in [-0.4, -0.2) is 46.4 Å². The first kappa shape index (κ1) is 19.4. The topological polar surface area (TPSA) is 52.7 Å². The van der Waals surface area contributed by atoms with Gasteiger partial charge in [0.25, 0.3) is 5.91 Å². The van der Waals surface area contributed by atoms with E-state index in [2.05, 4.69) is 12.2 Å². The minimum atomic E-state index is -0.493. The molecule has 2 amide bonds. The second-order valence-corrected chi connectivity index (χ2v) is 6.79. The summed E-state index contributed by atoms with van der Waals surface area (Å²) in [5.41, 5.74) is 0.736. The summed E-state index contributed by atoms with van der Waals surface area (Å²) in [4.78, 5) is 28.2.